The van der Waals surface area contributed by atoms with Crippen LogP contribution in [-0.2, 0) is 11.3 Å². The van der Waals surface area contributed by atoms with Crippen LogP contribution in [-0.4, -0.2) is 46.9 Å². The molecule has 166 valence electrons. The van der Waals surface area contributed by atoms with E-state index in [0.717, 1.165) is 0 Å². The standard InChI is InChI=1S/C21H21FN6O4/c1-4-27-8-13-12(7-23)14(22)5-6-15(13)32-11(2)10-31-21(29)17-18(24)26-28-9-16(30-3)19(27)25-20(17)28/h5-6,9,11H,4,8,10H2,1-3H3,(H2,24,26)/t11-/m0/s1. The van der Waals surface area contributed by atoms with Gasteiger partial charge in [-0.25, -0.2) is 18.7 Å². The molecule has 1 atom stereocenters. The number of anilines is 2. The second kappa shape index (κ2) is 8.22. The molecule has 0 aliphatic carbocycles. The maximum atomic E-state index is 14.5. The number of fused-ring (bicyclic) bond motifs is 2. The molecule has 2 aromatic heterocycles. The SMILES string of the molecule is CCN1Cc2c(ccc(F)c2C#N)O[C@@H](C)COC(=O)c2c(N)nn3cc(OC)c1nc23. The topological polar surface area (TPSA) is 128 Å². The van der Waals surface area contributed by atoms with E-state index in [1.807, 2.05) is 13.0 Å². The summed E-state index contributed by atoms with van der Waals surface area (Å²) in [6.07, 6.45) is 0.965. The van der Waals surface area contributed by atoms with E-state index >= 15 is 0 Å². The van der Waals surface area contributed by atoms with E-state index in [1.165, 1.54) is 23.8 Å². The van der Waals surface area contributed by atoms with Gasteiger partial charge in [-0.3, -0.25) is 0 Å². The number of ether oxygens (including phenoxy) is 3. The Bertz CT molecular complexity index is 1250. The first-order valence-corrected chi connectivity index (χ1v) is 9.90. The molecule has 3 aromatic rings. The van der Waals surface area contributed by atoms with Gasteiger partial charge in [0.2, 0.25) is 0 Å². The van der Waals surface area contributed by atoms with Crippen LogP contribution in [0.4, 0.5) is 16.0 Å². The number of nitrogen functional groups attached to an aromatic ring is 1. The Kier molecular flexibility index (Phi) is 5.44. The van der Waals surface area contributed by atoms with Crippen molar-refractivity contribution in [3.63, 3.8) is 0 Å². The molecule has 2 N–H and O–H groups in total. The van der Waals surface area contributed by atoms with E-state index in [-0.39, 0.29) is 35.7 Å². The van der Waals surface area contributed by atoms with Gasteiger partial charge in [0.15, 0.2) is 23.0 Å². The first-order chi connectivity index (χ1) is 15.4. The molecule has 0 amide bonds. The highest BCUT2D eigenvalue weighted by atomic mass is 19.1. The minimum absolute atomic E-state index is 0.0256. The lowest BCUT2D eigenvalue weighted by Gasteiger charge is -2.26. The van der Waals surface area contributed by atoms with Gasteiger partial charge in [-0.1, -0.05) is 0 Å². The molecule has 0 fully saturated rings. The first-order valence-electron chi connectivity index (χ1n) is 9.90. The summed E-state index contributed by atoms with van der Waals surface area (Å²) in [5.41, 5.74) is 6.41. The van der Waals surface area contributed by atoms with Crippen LogP contribution in [0.25, 0.3) is 5.65 Å². The predicted octanol–water partition coefficient (Wildman–Crippen LogP) is 2.30. The Morgan fingerprint density at radius 3 is 2.91 bits per heavy atom. The Hall–Kier alpha value is -4.07. The molecule has 0 saturated carbocycles. The molecule has 3 heterocycles. The highest BCUT2D eigenvalue weighted by Crippen LogP contribution is 2.34. The van der Waals surface area contributed by atoms with Crippen molar-refractivity contribution in [2.45, 2.75) is 26.5 Å². The summed E-state index contributed by atoms with van der Waals surface area (Å²) in [5.74, 6) is -0.367. The first kappa shape index (κ1) is 21.2. The molecule has 0 unspecified atom stereocenters. The van der Waals surface area contributed by atoms with Crippen molar-refractivity contribution in [2.24, 2.45) is 0 Å². The quantitative estimate of drug-likeness (QED) is 0.597. The summed E-state index contributed by atoms with van der Waals surface area (Å²) in [6.45, 7) is 4.00. The van der Waals surface area contributed by atoms with Crippen LogP contribution in [0, 0.1) is 17.1 Å². The monoisotopic (exact) mass is 440 g/mol. The Morgan fingerprint density at radius 2 is 2.22 bits per heavy atom. The lowest BCUT2D eigenvalue weighted by atomic mass is 10.1. The summed E-state index contributed by atoms with van der Waals surface area (Å²) in [4.78, 5) is 19.1. The number of methoxy groups -OCH3 is 1. The molecule has 2 bridgehead atoms. The van der Waals surface area contributed by atoms with E-state index in [2.05, 4.69) is 10.1 Å². The zero-order valence-corrected chi connectivity index (χ0v) is 17.8. The van der Waals surface area contributed by atoms with Crippen LogP contribution in [0.2, 0.25) is 0 Å². The summed E-state index contributed by atoms with van der Waals surface area (Å²) in [5, 5.41) is 13.7. The van der Waals surface area contributed by atoms with Gasteiger partial charge in [0.05, 0.1) is 18.9 Å². The van der Waals surface area contributed by atoms with Crippen molar-refractivity contribution in [2.75, 3.05) is 30.9 Å². The molecule has 1 aliphatic heterocycles. The van der Waals surface area contributed by atoms with Crippen LogP contribution < -0.4 is 20.1 Å². The minimum Gasteiger partial charge on any atom is -0.491 e. The number of nitrogens with zero attached hydrogens (tertiary/aromatic N) is 5. The predicted molar refractivity (Wildman–Crippen MR) is 112 cm³/mol. The minimum atomic E-state index is -0.698. The fourth-order valence-electron chi connectivity index (χ4n) is 3.56. The number of rotatable bonds is 2. The van der Waals surface area contributed by atoms with Gasteiger partial charge in [-0.15, -0.1) is 5.10 Å². The second-order valence-electron chi connectivity index (χ2n) is 7.21. The number of hydrogen-bond acceptors (Lipinski definition) is 9. The molecular weight excluding hydrogens is 419 g/mol. The smallest absolute Gasteiger partial charge is 0.346 e. The number of carbonyl (C=O) groups excluding carboxylic acids is 1. The third-order valence-corrected chi connectivity index (χ3v) is 5.15. The molecule has 10 nitrogen and oxygen atoms in total. The lowest BCUT2D eigenvalue weighted by Crippen LogP contribution is -2.26. The number of nitrogens with two attached hydrogens (primary N) is 1. The van der Waals surface area contributed by atoms with Gasteiger partial charge in [-0.2, -0.15) is 5.26 Å². The normalized spacial score (nSPS) is 16.3. The van der Waals surface area contributed by atoms with E-state index in [4.69, 9.17) is 19.9 Å². The average Bonchev–Trinajstić information content (AvgIpc) is 3.10. The van der Waals surface area contributed by atoms with Gasteiger partial charge in [-0.05, 0) is 26.0 Å². The maximum absolute atomic E-state index is 14.5. The summed E-state index contributed by atoms with van der Waals surface area (Å²) in [7, 11) is 1.47. The Labute approximate surface area is 182 Å². The molecular formula is C21H21FN6O4. The van der Waals surface area contributed by atoms with Gasteiger partial charge < -0.3 is 24.8 Å². The van der Waals surface area contributed by atoms with Crippen LogP contribution in [0.15, 0.2) is 18.3 Å². The Morgan fingerprint density at radius 1 is 1.44 bits per heavy atom. The Balaban J connectivity index is 1.98. The maximum Gasteiger partial charge on any atom is 0.346 e. The molecule has 1 aromatic carbocycles. The number of esters is 1. The second-order valence-corrected chi connectivity index (χ2v) is 7.21. The molecule has 0 radical (unpaired) electrons. The summed E-state index contributed by atoms with van der Waals surface area (Å²) < 4.78 is 32.6. The van der Waals surface area contributed by atoms with Crippen LogP contribution >= 0.6 is 0 Å². The van der Waals surface area contributed by atoms with Gasteiger partial charge in [0.25, 0.3) is 0 Å². The zero-order chi connectivity index (χ0) is 23.0. The molecule has 0 spiro atoms. The highest BCUT2D eigenvalue weighted by molar-refractivity contribution is 6.01. The van der Waals surface area contributed by atoms with E-state index in [9.17, 15) is 14.4 Å². The molecule has 32 heavy (non-hydrogen) atoms. The highest BCUT2D eigenvalue weighted by Gasteiger charge is 2.27. The van der Waals surface area contributed by atoms with Crippen molar-refractivity contribution < 1.29 is 23.4 Å². The van der Waals surface area contributed by atoms with Crippen molar-refractivity contribution >= 4 is 23.3 Å². The van der Waals surface area contributed by atoms with Gasteiger partial charge in [0, 0.05) is 18.7 Å². The van der Waals surface area contributed by atoms with E-state index in [1.54, 1.807) is 18.0 Å². The number of cyclic esters (lactones) is 1. The van der Waals surface area contributed by atoms with Crippen molar-refractivity contribution in [3.05, 3.63) is 40.8 Å². The number of aromatic nitrogens is 3. The fourth-order valence-corrected chi connectivity index (χ4v) is 3.56. The number of carbonyl (C=O) groups is 1. The average molecular weight is 440 g/mol. The largest absolute Gasteiger partial charge is 0.491 e. The van der Waals surface area contributed by atoms with Crippen molar-refractivity contribution in [1.29, 1.82) is 5.26 Å². The third kappa shape index (κ3) is 3.49. The number of nitriles is 1. The van der Waals surface area contributed by atoms with Gasteiger partial charge >= 0.3 is 5.97 Å². The van der Waals surface area contributed by atoms with Crippen LogP contribution in [0.5, 0.6) is 11.5 Å². The van der Waals surface area contributed by atoms with Crippen LogP contribution in [0.1, 0.15) is 35.3 Å². The van der Waals surface area contributed by atoms with E-state index < -0.39 is 17.9 Å². The summed E-state index contributed by atoms with van der Waals surface area (Å²) in [6, 6.07) is 4.55. The molecule has 1 aliphatic rings. The van der Waals surface area contributed by atoms with E-state index in [0.29, 0.717) is 29.4 Å². The third-order valence-electron chi connectivity index (χ3n) is 5.15. The van der Waals surface area contributed by atoms with Crippen molar-refractivity contribution in [1.82, 2.24) is 14.6 Å². The fraction of sp³-hybridized carbons (Fsp3) is 0.333. The number of halogens is 1. The summed E-state index contributed by atoms with van der Waals surface area (Å²) >= 11 is 0. The van der Waals surface area contributed by atoms with Gasteiger partial charge in [0.1, 0.15) is 35.9 Å². The zero-order valence-electron chi connectivity index (χ0n) is 17.8. The molecule has 4 rings (SSSR count). The number of benzene rings is 1. The lowest BCUT2D eigenvalue weighted by molar-refractivity contribution is 0.0343. The van der Waals surface area contributed by atoms with Crippen molar-refractivity contribution in [3.8, 4) is 17.6 Å². The molecule has 11 heteroatoms. The molecule has 0 saturated heterocycles. The number of hydrogen-bond donors (Lipinski definition) is 1. The van der Waals surface area contributed by atoms with Crippen LogP contribution in [0.3, 0.4) is 0 Å².